The maximum atomic E-state index is 13.5. The smallest absolute Gasteiger partial charge is 0.290 e. The summed E-state index contributed by atoms with van der Waals surface area (Å²) in [4.78, 5) is 64.6. The van der Waals surface area contributed by atoms with Gasteiger partial charge < -0.3 is 30.5 Å². The van der Waals surface area contributed by atoms with Crippen LogP contribution in [0.2, 0.25) is 0 Å². The zero-order valence-corrected chi connectivity index (χ0v) is 24.8. The molecule has 224 valence electrons. The average Bonchev–Trinajstić information content (AvgIpc) is 3.32. The number of allylic oxidation sites excluding steroid dienone is 1. The first-order valence-electron chi connectivity index (χ1n) is 13.1. The number of aliphatic carboxylic acids is 1. The second kappa shape index (κ2) is 12.6. The molecule has 43 heavy (non-hydrogen) atoms. The first kappa shape index (κ1) is 30.2. The number of hydrogen-bond acceptors (Lipinski definition) is 8. The summed E-state index contributed by atoms with van der Waals surface area (Å²) in [5.41, 5.74) is 1.45. The predicted molar refractivity (Wildman–Crippen MR) is 152 cm³/mol. The van der Waals surface area contributed by atoms with E-state index in [0.717, 1.165) is 22.6 Å². The molecule has 4 heterocycles. The number of carboxylic acids is 1. The van der Waals surface area contributed by atoms with E-state index in [0.29, 0.717) is 30.7 Å². The third-order valence-corrected chi connectivity index (χ3v) is 8.89. The van der Waals surface area contributed by atoms with E-state index in [1.165, 1.54) is 23.9 Å². The number of pyridine rings is 1. The zero-order chi connectivity index (χ0) is 30.8. The van der Waals surface area contributed by atoms with Gasteiger partial charge in [-0.25, -0.2) is 4.39 Å². The van der Waals surface area contributed by atoms with Crippen molar-refractivity contribution in [3.8, 4) is 5.75 Å². The van der Waals surface area contributed by atoms with E-state index < -0.39 is 40.8 Å². The van der Waals surface area contributed by atoms with Crippen molar-refractivity contribution in [1.29, 1.82) is 0 Å². The lowest BCUT2D eigenvalue weighted by molar-refractivity contribution is -0.684. The van der Waals surface area contributed by atoms with Crippen LogP contribution in [0.3, 0.4) is 0 Å². The molecule has 5 rings (SSSR count). The van der Waals surface area contributed by atoms with Crippen LogP contribution in [0, 0.1) is 5.82 Å². The lowest BCUT2D eigenvalue weighted by Crippen LogP contribution is -2.71. The molecule has 0 bridgehead atoms. The normalized spacial score (nSPS) is 20.7. The van der Waals surface area contributed by atoms with E-state index in [4.69, 9.17) is 0 Å². The number of thioether (sulfide) groups is 1. The Balaban J connectivity index is 1.21. The summed E-state index contributed by atoms with van der Waals surface area (Å²) in [6.45, 7) is 0.660. The largest absolute Gasteiger partial charge is 0.543 e. The second-order valence-corrected chi connectivity index (χ2v) is 11.7. The minimum Gasteiger partial charge on any atom is -0.543 e. The number of rotatable bonds is 9. The van der Waals surface area contributed by atoms with Gasteiger partial charge in [-0.1, -0.05) is 15.9 Å². The number of benzene rings is 1. The van der Waals surface area contributed by atoms with Crippen LogP contribution in [0.25, 0.3) is 0 Å². The van der Waals surface area contributed by atoms with Gasteiger partial charge in [0, 0.05) is 48.3 Å². The maximum absolute atomic E-state index is 13.5. The Morgan fingerprint density at radius 2 is 1.93 bits per heavy atom. The second-order valence-electron chi connectivity index (χ2n) is 9.99. The Labute approximate surface area is 257 Å². The first-order chi connectivity index (χ1) is 20.5. The molecule has 2 aromatic rings. The van der Waals surface area contributed by atoms with Gasteiger partial charge in [0.15, 0.2) is 24.0 Å². The fourth-order valence-electron chi connectivity index (χ4n) is 4.99. The number of nitrogens with one attached hydrogen (secondary N) is 2. The summed E-state index contributed by atoms with van der Waals surface area (Å²) < 4.78 is 15.1. The fraction of sp³-hybridized carbons (Fsp3) is 0.286. The van der Waals surface area contributed by atoms with Crippen LogP contribution < -0.4 is 20.3 Å². The Bertz CT molecular complexity index is 1580. The highest BCUT2D eigenvalue weighted by Crippen LogP contribution is 2.41. The molecule has 2 unspecified atom stereocenters. The van der Waals surface area contributed by atoms with Crippen molar-refractivity contribution in [2.75, 3.05) is 22.9 Å². The van der Waals surface area contributed by atoms with Crippen LogP contribution in [0.4, 0.5) is 10.1 Å². The highest BCUT2D eigenvalue weighted by molar-refractivity contribution is 9.09. The van der Waals surface area contributed by atoms with Crippen molar-refractivity contribution >= 4 is 63.0 Å². The standard InChI is InChI=1S/C28H25BrFN5O7S/c29-11-21(37)32-23-26(40)35-24(28(41)42)17(14-43-27(23)35)9-16-5-8-34(25(16)39)12-15-3-6-33(7-4-15)13-22(38)31-18-1-2-20(36)19(30)10-18/h1-4,6-7,9-10,23,27H,5,8,11-14H2,(H3-,31,32,36,37,38,41,42)/b16-9+. The number of amides is 4. The fourth-order valence-corrected chi connectivity index (χ4v) is 6.46. The summed E-state index contributed by atoms with van der Waals surface area (Å²) in [5.74, 6) is -4.25. The van der Waals surface area contributed by atoms with Gasteiger partial charge >= 0.3 is 0 Å². The number of hydrogen-bond donors (Lipinski definition) is 3. The predicted octanol–water partition coefficient (Wildman–Crippen LogP) is -0.0850. The SMILES string of the molecule is O=C(C[n+]1ccc(CN2CC/C(=C\C3=C(C(=O)[O-])N4C(=O)C(NC(=O)CBr)C4SC3)C2=O)cc1)Nc1ccc(O)c(F)c1. The van der Waals surface area contributed by atoms with Gasteiger partial charge in [-0.3, -0.25) is 24.1 Å². The molecule has 0 radical (unpaired) electrons. The minimum atomic E-state index is -1.53. The summed E-state index contributed by atoms with van der Waals surface area (Å²) in [6.07, 6.45) is 5.26. The number of aromatic nitrogens is 1. The van der Waals surface area contributed by atoms with E-state index in [2.05, 4.69) is 26.6 Å². The summed E-state index contributed by atoms with van der Waals surface area (Å²) >= 11 is 4.32. The van der Waals surface area contributed by atoms with Crippen molar-refractivity contribution in [3.05, 3.63) is 77.0 Å². The van der Waals surface area contributed by atoms with Crippen LogP contribution >= 0.6 is 27.7 Å². The molecule has 0 spiro atoms. The number of phenolic OH excluding ortho intramolecular Hbond substituents is 1. The van der Waals surface area contributed by atoms with Crippen LogP contribution in [0.15, 0.2) is 65.6 Å². The molecule has 0 aliphatic carbocycles. The quantitative estimate of drug-likeness (QED) is 0.109. The number of nitrogens with zero attached hydrogens (tertiary/aromatic N) is 3. The highest BCUT2D eigenvalue weighted by atomic mass is 79.9. The Hall–Kier alpha value is -4.24. The number of carboxylic acid groups (broad SMARTS) is 1. The number of phenols is 1. The van der Waals surface area contributed by atoms with Crippen molar-refractivity contribution in [3.63, 3.8) is 0 Å². The average molecular weight is 675 g/mol. The number of β-lactam (4-membered cyclic amide) rings is 1. The minimum absolute atomic E-state index is 0.0127. The van der Waals surface area contributed by atoms with E-state index >= 15 is 0 Å². The number of aromatic hydroxyl groups is 1. The maximum Gasteiger partial charge on any atom is 0.290 e. The number of anilines is 1. The Morgan fingerprint density at radius 1 is 1.19 bits per heavy atom. The topological polar surface area (TPSA) is 163 Å². The van der Waals surface area contributed by atoms with E-state index in [-0.39, 0.29) is 40.8 Å². The molecule has 1 aromatic carbocycles. The van der Waals surface area contributed by atoms with Gasteiger partial charge in [0.2, 0.25) is 18.4 Å². The molecule has 0 saturated carbocycles. The summed E-state index contributed by atoms with van der Waals surface area (Å²) in [6, 6.07) is 6.24. The van der Waals surface area contributed by atoms with Gasteiger partial charge in [0.05, 0.1) is 17.0 Å². The molecule has 2 atom stereocenters. The van der Waals surface area contributed by atoms with Crippen LogP contribution in [-0.2, 0) is 37.1 Å². The number of halogens is 2. The third kappa shape index (κ3) is 6.41. The molecule has 4 amide bonds. The summed E-state index contributed by atoms with van der Waals surface area (Å²) in [5, 5.41) is 25.9. The first-order valence-corrected chi connectivity index (χ1v) is 15.2. The number of carbonyl (C=O) groups is 5. The van der Waals surface area contributed by atoms with Crippen molar-refractivity contribution in [1.82, 2.24) is 15.1 Å². The monoisotopic (exact) mass is 673 g/mol. The highest BCUT2D eigenvalue weighted by Gasteiger charge is 2.52. The van der Waals surface area contributed by atoms with E-state index in [1.54, 1.807) is 34.0 Å². The van der Waals surface area contributed by atoms with E-state index in [9.17, 15) is 38.6 Å². The molecular weight excluding hydrogens is 649 g/mol. The molecule has 12 nitrogen and oxygen atoms in total. The van der Waals surface area contributed by atoms with Crippen molar-refractivity contribution < 1.29 is 43.1 Å². The third-order valence-electron chi connectivity index (χ3n) is 7.08. The zero-order valence-electron chi connectivity index (χ0n) is 22.4. The van der Waals surface area contributed by atoms with Gasteiger partial charge in [-0.05, 0) is 35.8 Å². The number of likely N-dealkylation sites (tertiary alicyclic amines) is 1. The number of alkyl halides is 1. The lowest BCUT2D eigenvalue weighted by atomic mass is 10.0. The van der Waals surface area contributed by atoms with Gasteiger partial charge in [0.25, 0.3) is 11.8 Å². The molecule has 15 heteroatoms. The molecule has 3 aliphatic heterocycles. The molecule has 1 aromatic heterocycles. The van der Waals surface area contributed by atoms with E-state index in [1.807, 2.05) is 0 Å². The molecular formula is C28H25BrFN5O7S. The molecule has 3 N–H and O–H groups in total. The molecule has 2 fully saturated rings. The molecule has 3 aliphatic rings. The van der Waals surface area contributed by atoms with Gasteiger partial charge in [-0.15, -0.1) is 11.8 Å². The van der Waals surface area contributed by atoms with Gasteiger partial charge in [-0.2, -0.15) is 4.57 Å². The molecule has 2 saturated heterocycles. The lowest BCUT2D eigenvalue weighted by Gasteiger charge is -2.50. The van der Waals surface area contributed by atoms with Crippen molar-refractivity contribution in [2.24, 2.45) is 0 Å². The van der Waals surface area contributed by atoms with Crippen LogP contribution in [-0.4, -0.2) is 73.5 Å². The Kier molecular flexibility index (Phi) is 8.82. The van der Waals surface area contributed by atoms with Crippen LogP contribution in [0.1, 0.15) is 12.0 Å². The summed E-state index contributed by atoms with van der Waals surface area (Å²) in [7, 11) is 0. The Morgan fingerprint density at radius 3 is 2.60 bits per heavy atom. The van der Waals surface area contributed by atoms with Gasteiger partial charge in [0.1, 0.15) is 11.4 Å². The number of carbonyl (C=O) groups excluding carboxylic acids is 5. The number of fused-ring (bicyclic) bond motifs is 1. The van der Waals surface area contributed by atoms with Crippen molar-refractivity contribution in [2.45, 2.75) is 30.9 Å². The van der Waals surface area contributed by atoms with Crippen LogP contribution in [0.5, 0.6) is 5.75 Å².